The van der Waals surface area contributed by atoms with Crippen LogP contribution in [0.2, 0.25) is 0 Å². The Labute approximate surface area is 106 Å². The quantitative estimate of drug-likeness (QED) is 0.873. The fourth-order valence-electron chi connectivity index (χ4n) is 2.77. The third-order valence-corrected chi connectivity index (χ3v) is 4.35. The van der Waals surface area contributed by atoms with Gasteiger partial charge in [-0.05, 0) is 30.7 Å². The average Bonchev–Trinajstić information content (AvgIpc) is 2.98. The molecule has 88 valence electrons. The van der Waals surface area contributed by atoms with E-state index < -0.39 is 0 Å². The molecule has 3 heteroatoms. The minimum absolute atomic E-state index is 0.605. The summed E-state index contributed by atoms with van der Waals surface area (Å²) in [6, 6.07) is 10.8. The van der Waals surface area contributed by atoms with Crippen LogP contribution in [0.5, 0.6) is 0 Å². The predicted octanol–water partition coefficient (Wildman–Crippen LogP) is 3.78. The summed E-state index contributed by atoms with van der Waals surface area (Å²) in [4.78, 5) is 4.42. The van der Waals surface area contributed by atoms with Gasteiger partial charge < -0.3 is 5.73 Å². The van der Waals surface area contributed by atoms with Gasteiger partial charge >= 0.3 is 0 Å². The highest BCUT2D eigenvalue weighted by molar-refractivity contribution is 7.13. The summed E-state index contributed by atoms with van der Waals surface area (Å²) in [6.07, 6.45) is 3.72. The van der Waals surface area contributed by atoms with Gasteiger partial charge in [-0.2, -0.15) is 0 Å². The highest BCUT2D eigenvalue weighted by Crippen LogP contribution is 2.43. The lowest BCUT2D eigenvalue weighted by Gasteiger charge is -2.10. The maximum Gasteiger partial charge on any atom is 0.180 e. The Morgan fingerprint density at radius 2 is 1.88 bits per heavy atom. The molecule has 0 radical (unpaired) electrons. The number of nitrogen functional groups attached to an aromatic ring is 1. The minimum Gasteiger partial charge on any atom is -0.375 e. The summed E-state index contributed by atoms with van der Waals surface area (Å²) in [5, 5.41) is 2.82. The van der Waals surface area contributed by atoms with Crippen LogP contribution in [0.25, 0.3) is 0 Å². The number of nitrogens with zero attached hydrogens (tertiary/aromatic N) is 1. The number of nitrogens with two attached hydrogens (primary N) is 1. The van der Waals surface area contributed by atoms with Crippen LogP contribution >= 0.6 is 11.3 Å². The van der Waals surface area contributed by atoms with E-state index in [4.69, 9.17) is 5.73 Å². The highest BCUT2D eigenvalue weighted by Gasteiger charge is 2.28. The molecule has 1 aromatic carbocycles. The van der Waals surface area contributed by atoms with E-state index in [-0.39, 0.29) is 0 Å². The first-order valence-corrected chi connectivity index (χ1v) is 6.97. The first-order chi connectivity index (χ1) is 8.33. The maximum absolute atomic E-state index is 5.70. The van der Waals surface area contributed by atoms with E-state index in [0.29, 0.717) is 17.0 Å². The number of benzene rings is 1. The van der Waals surface area contributed by atoms with Crippen molar-refractivity contribution in [3.63, 3.8) is 0 Å². The lowest BCUT2D eigenvalue weighted by atomic mass is 9.96. The number of aromatic nitrogens is 1. The number of hydrogen-bond donors (Lipinski definition) is 1. The number of hydrogen-bond acceptors (Lipinski definition) is 3. The van der Waals surface area contributed by atoms with Gasteiger partial charge in [-0.25, -0.2) is 4.98 Å². The van der Waals surface area contributed by atoms with Gasteiger partial charge in [0.2, 0.25) is 0 Å². The lowest BCUT2D eigenvalue weighted by Crippen LogP contribution is -1.96. The third-order valence-electron chi connectivity index (χ3n) is 3.66. The Balaban J connectivity index is 1.74. The summed E-state index contributed by atoms with van der Waals surface area (Å²) in [6.45, 7) is 0. The molecule has 0 bridgehead atoms. The van der Waals surface area contributed by atoms with Gasteiger partial charge in [-0.3, -0.25) is 0 Å². The molecule has 2 N–H and O–H groups in total. The van der Waals surface area contributed by atoms with E-state index >= 15 is 0 Å². The van der Waals surface area contributed by atoms with Gasteiger partial charge in [0, 0.05) is 11.3 Å². The Morgan fingerprint density at radius 1 is 1.12 bits per heavy atom. The zero-order valence-electron chi connectivity index (χ0n) is 9.67. The van der Waals surface area contributed by atoms with Crippen molar-refractivity contribution in [2.45, 2.75) is 31.1 Å². The molecule has 2 nitrogen and oxygen atoms in total. The molecule has 0 saturated heterocycles. The molecule has 2 atom stereocenters. The Kier molecular flexibility index (Phi) is 2.85. The van der Waals surface area contributed by atoms with Crippen molar-refractivity contribution < 1.29 is 0 Å². The highest BCUT2D eigenvalue weighted by atomic mass is 32.1. The van der Waals surface area contributed by atoms with Gasteiger partial charge in [0.15, 0.2) is 5.13 Å². The SMILES string of the molecule is Nc1nc([C@H]2CC[C@@H](c3ccccc3)C2)cs1. The van der Waals surface area contributed by atoms with Crippen LogP contribution < -0.4 is 5.73 Å². The van der Waals surface area contributed by atoms with Gasteiger partial charge in [0.1, 0.15) is 0 Å². The summed E-state index contributed by atoms with van der Waals surface area (Å²) in [7, 11) is 0. The summed E-state index contributed by atoms with van der Waals surface area (Å²) in [5.74, 6) is 1.30. The second kappa shape index (κ2) is 4.49. The van der Waals surface area contributed by atoms with Crippen molar-refractivity contribution >= 4 is 16.5 Å². The molecule has 2 aromatic rings. The second-order valence-electron chi connectivity index (χ2n) is 4.73. The van der Waals surface area contributed by atoms with Gasteiger partial charge in [-0.1, -0.05) is 30.3 Å². The molecule has 1 saturated carbocycles. The molecule has 0 spiro atoms. The number of rotatable bonds is 2. The first kappa shape index (κ1) is 10.8. The largest absolute Gasteiger partial charge is 0.375 e. The van der Waals surface area contributed by atoms with Crippen LogP contribution in [-0.4, -0.2) is 4.98 Å². The molecule has 1 aliphatic rings. The zero-order chi connectivity index (χ0) is 11.7. The van der Waals surface area contributed by atoms with Gasteiger partial charge in [0.05, 0.1) is 5.69 Å². The third kappa shape index (κ3) is 2.20. The van der Waals surface area contributed by atoms with Crippen LogP contribution in [0.15, 0.2) is 35.7 Å². The molecule has 0 aliphatic heterocycles. The molecule has 0 amide bonds. The van der Waals surface area contributed by atoms with Crippen LogP contribution in [0.4, 0.5) is 5.13 Å². The fourth-order valence-corrected chi connectivity index (χ4v) is 3.41. The van der Waals surface area contributed by atoms with E-state index in [0.717, 1.165) is 0 Å². The van der Waals surface area contributed by atoms with Crippen LogP contribution in [0, 0.1) is 0 Å². The summed E-state index contributed by atoms with van der Waals surface area (Å²) >= 11 is 1.55. The van der Waals surface area contributed by atoms with E-state index in [1.165, 1.54) is 30.5 Å². The molecule has 1 aromatic heterocycles. The molecule has 1 fully saturated rings. The van der Waals surface area contributed by atoms with Crippen molar-refractivity contribution in [1.29, 1.82) is 0 Å². The Morgan fingerprint density at radius 3 is 2.59 bits per heavy atom. The fraction of sp³-hybridized carbons (Fsp3) is 0.357. The van der Waals surface area contributed by atoms with E-state index in [1.54, 1.807) is 11.3 Å². The molecule has 0 unspecified atom stereocenters. The molecule has 1 heterocycles. The standard InChI is InChI=1S/C14H16N2S/c15-14-16-13(9-17-14)12-7-6-11(8-12)10-4-2-1-3-5-10/h1-5,9,11-12H,6-8H2,(H2,15,16)/t11-,12+/m1/s1. The van der Waals surface area contributed by atoms with E-state index in [2.05, 4.69) is 40.7 Å². The number of anilines is 1. The van der Waals surface area contributed by atoms with Crippen molar-refractivity contribution in [2.75, 3.05) is 5.73 Å². The molecular formula is C14H16N2S. The minimum atomic E-state index is 0.605. The Bertz CT molecular complexity index is 492. The smallest absolute Gasteiger partial charge is 0.180 e. The molecule has 17 heavy (non-hydrogen) atoms. The van der Waals surface area contributed by atoms with E-state index in [9.17, 15) is 0 Å². The zero-order valence-corrected chi connectivity index (χ0v) is 10.5. The topological polar surface area (TPSA) is 38.9 Å². The van der Waals surface area contributed by atoms with Crippen molar-refractivity contribution in [3.8, 4) is 0 Å². The van der Waals surface area contributed by atoms with Crippen molar-refractivity contribution in [2.24, 2.45) is 0 Å². The van der Waals surface area contributed by atoms with Crippen LogP contribution in [0.1, 0.15) is 42.4 Å². The normalized spacial score (nSPS) is 24.0. The van der Waals surface area contributed by atoms with Crippen LogP contribution in [0.3, 0.4) is 0 Å². The summed E-state index contributed by atoms with van der Waals surface area (Å²) in [5.41, 5.74) is 8.37. The predicted molar refractivity (Wildman–Crippen MR) is 72.3 cm³/mol. The number of thiazole rings is 1. The monoisotopic (exact) mass is 244 g/mol. The first-order valence-electron chi connectivity index (χ1n) is 6.09. The van der Waals surface area contributed by atoms with Crippen molar-refractivity contribution in [1.82, 2.24) is 4.98 Å². The molecular weight excluding hydrogens is 228 g/mol. The maximum atomic E-state index is 5.70. The molecule has 3 rings (SSSR count). The molecule has 1 aliphatic carbocycles. The van der Waals surface area contributed by atoms with Crippen LogP contribution in [-0.2, 0) is 0 Å². The lowest BCUT2D eigenvalue weighted by molar-refractivity contribution is 0.674. The average molecular weight is 244 g/mol. The van der Waals surface area contributed by atoms with Gasteiger partial charge in [0.25, 0.3) is 0 Å². The van der Waals surface area contributed by atoms with Gasteiger partial charge in [-0.15, -0.1) is 11.3 Å². The second-order valence-corrected chi connectivity index (χ2v) is 5.62. The van der Waals surface area contributed by atoms with Crippen molar-refractivity contribution in [3.05, 3.63) is 47.0 Å². The summed E-state index contributed by atoms with van der Waals surface area (Å²) < 4.78 is 0. The van der Waals surface area contributed by atoms with E-state index in [1.807, 2.05) is 0 Å². The Hall–Kier alpha value is -1.35.